The number of hydrogen-bond acceptors (Lipinski definition) is 10. The fourth-order valence-electron chi connectivity index (χ4n) is 10.6. The van der Waals surface area contributed by atoms with Crippen molar-refractivity contribution >= 4 is 47.3 Å². The van der Waals surface area contributed by atoms with Gasteiger partial charge in [-0.2, -0.15) is 0 Å². The molecule has 0 aromatic heterocycles. The number of aryl methyl sites for hydroxylation is 2. The predicted octanol–water partition coefficient (Wildman–Crippen LogP) is 3.16. The second-order valence-electron chi connectivity index (χ2n) is 22.8. The second kappa shape index (κ2) is 24.9. The first-order chi connectivity index (χ1) is 35.0. The van der Waals surface area contributed by atoms with Crippen LogP contribution in [0.3, 0.4) is 0 Å². The van der Waals surface area contributed by atoms with E-state index in [9.17, 15) is 38.4 Å². The maximum absolute atomic E-state index is 14.5. The number of likely N-dealkylation sites (N-methyl/N-ethyl adjacent to an activating group) is 2. The molecule has 8 amide bonds. The third-order valence-corrected chi connectivity index (χ3v) is 15.1. The van der Waals surface area contributed by atoms with Crippen molar-refractivity contribution in [1.82, 2.24) is 52.3 Å². The molecule has 2 aliphatic heterocycles. The monoisotopic (exact) mass is 1020 g/mol. The van der Waals surface area contributed by atoms with Gasteiger partial charge in [0.05, 0.1) is 24.2 Å². The molecule has 0 bridgehead atoms. The third kappa shape index (κ3) is 14.4. The quantitative estimate of drug-likeness (QED) is 0.102. The summed E-state index contributed by atoms with van der Waals surface area (Å²) in [6.45, 7) is 14.6. The number of fused-ring (bicyclic) bond motifs is 2. The Morgan fingerprint density at radius 2 is 0.932 bits per heavy atom. The highest BCUT2D eigenvalue weighted by atomic mass is 16.2. The highest BCUT2D eigenvalue weighted by molar-refractivity contribution is 5.95. The Morgan fingerprint density at radius 1 is 0.568 bits per heavy atom. The average Bonchev–Trinajstić information content (AvgIpc) is 3.99. The molecule has 6 rings (SSSR count). The van der Waals surface area contributed by atoms with E-state index in [-0.39, 0.29) is 86.3 Å². The van der Waals surface area contributed by atoms with Crippen molar-refractivity contribution in [2.75, 3.05) is 27.2 Å². The van der Waals surface area contributed by atoms with Gasteiger partial charge in [0.25, 0.3) is 0 Å². The fraction of sp³-hybridized carbons (Fsp3) is 0.607. The minimum atomic E-state index is -0.962. The van der Waals surface area contributed by atoms with Crippen molar-refractivity contribution in [1.29, 1.82) is 0 Å². The van der Waals surface area contributed by atoms with Gasteiger partial charge in [-0.05, 0) is 112 Å². The van der Waals surface area contributed by atoms with Crippen LogP contribution in [-0.2, 0) is 51.2 Å². The molecule has 0 radical (unpaired) electrons. The molecule has 10 atom stereocenters. The first-order valence-electron chi connectivity index (χ1n) is 26.6. The molecule has 0 spiro atoms. The minimum Gasteiger partial charge on any atom is -0.351 e. The number of likely N-dealkylation sites (tertiary alicyclic amines) is 2. The van der Waals surface area contributed by atoms with E-state index in [0.29, 0.717) is 0 Å². The fourth-order valence-corrected chi connectivity index (χ4v) is 10.6. The number of nitrogens with one attached hydrogen (secondary N) is 8. The number of carbonyl (C=O) groups excluding carboxylic acids is 8. The van der Waals surface area contributed by atoms with Crippen LogP contribution in [0.4, 0.5) is 0 Å². The van der Waals surface area contributed by atoms with Crippen LogP contribution in [0.15, 0.2) is 60.7 Å². The molecule has 18 heteroatoms. The summed E-state index contributed by atoms with van der Waals surface area (Å²) in [7, 11) is 3.31. The summed E-state index contributed by atoms with van der Waals surface area (Å²) in [5.41, 5.74) is 3.02. The van der Waals surface area contributed by atoms with Gasteiger partial charge in [0.15, 0.2) is 0 Å². The van der Waals surface area contributed by atoms with Gasteiger partial charge in [-0.25, -0.2) is 0 Å². The summed E-state index contributed by atoms with van der Waals surface area (Å²) in [4.78, 5) is 114. The van der Waals surface area contributed by atoms with E-state index in [1.54, 1.807) is 40.1 Å². The molecule has 404 valence electrons. The van der Waals surface area contributed by atoms with Crippen LogP contribution in [0.1, 0.15) is 141 Å². The summed E-state index contributed by atoms with van der Waals surface area (Å²) in [6.07, 6.45) is 8.45. The molecule has 0 unspecified atom stereocenters. The SMILES string of the molecule is CN[C@@H](C)C(=O)N[C@H](C(=O)N1C[C@@H](NC(=O)C/C=C/CC(=O)N[C@H]2C[C@@H](C(=O)N[C@@H]3CCCc4ccccc43)N(C(=O)[C@@H](NC(=O)[C@H](C)NC)C(C)(C)C)C2)C[C@H]1C(=O)N[C@@H]1CCCc2ccccc21)C(C)(C)C. The van der Waals surface area contributed by atoms with Gasteiger partial charge in [0.2, 0.25) is 47.3 Å². The minimum absolute atomic E-state index is 0.0475. The summed E-state index contributed by atoms with van der Waals surface area (Å²) < 4.78 is 0. The lowest BCUT2D eigenvalue weighted by Gasteiger charge is -2.36. The molecule has 8 N–H and O–H groups in total. The van der Waals surface area contributed by atoms with Crippen LogP contribution < -0.4 is 42.5 Å². The Bertz CT molecular complexity index is 2250. The van der Waals surface area contributed by atoms with Crippen molar-refractivity contribution < 1.29 is 38.4 Å². The third-order valence-electron chi connectivity index (χ3n) is 15.1. The van der Waals surface area contributed by atoms with Crippen LogP contribution >= 0.6 is 0 Å². The van der Waals surface area contributed by atoms with E-state index in [1.807, 2.05) is 77.9 Å². The molecule has 2 aromatic carbocycles. The summed E-state index contributed by atoms with van der Waals surface area (Å²) in [5, 5.41) is 24.1. The molecular weight excluding hydrogens is 941 g/mol. The number of hydrogen-bond donors (Lipinski definition) is 8. The number of amides is 8. The second-order valence-corrected chi connectivity index (χ2v) is 22.8. The normalized spacial score (nSPS) is 23.3. The molecule has 2 aromatic rings. The van der Waals surface area contributed by atoms with E-state index in [2.05, 4.69) is 54.7 Å². The van der Waals surface area contributed by atoms with Gasteiger partial charge in [-0.1, -0.05) is 102 Å². The molecule has 2 saturated heterocycles. The Hall–Kier alpha value is -6.14. The Labute approximate surface area is 437 Å². The highest BCUT2D eigenvalue weighted by Gasteiger charge is 2.48. The molecule has 0 saturated carbocycles. The number of nitrogens with zero attached hydrogens (tertiary/aromatic N) is 2. The van der Waals surface area contributed by atoms with Gasteiger partial charge in [-0.3, -0.25) is 38.4 Å². The van der Waals surface area contributed by atoms with Gasteiger partial charge in [0, 0.05) is 38.0 Å². The molecule has 4 aliphatic rings. The van der Waals surface area contributed by atoms with Crippen molar-refractivity contribution in [3.05, 3.63) is 82.9 Å². The van der Waals surface area contributed by atoms with E-state index in [1.165, 1.54) is 20.9 Å². The molecule has 2 aliphatic carbocycles. The van der Waals surface area contributed by atoms with Crippen LogP contribution in [0.5, 0.6) is 0 Å². The Balaban J connectivity index is 1.10. The number of benzene rings is 2. The smallest absolute Gasteiger partial charge is 0.246 e. The molecule has 2 fully saturated rings. The Morgan fingerprint density at radius 3 is 1.28 bits per heavy atom. The maximum atomic E-state index is 14.5. The van der Waals surface area contributed by atoms with Crippen LogP contribution in [-0.4, -0.2) is 133 Å². The molecule has 2 heterocycles. The van der Waals surface area contributed by atoms with Crippen molar-refractivity contribution in [2.45, 2.75) is 180 Å². The first-order valence-corrected chi connectivity index (χ1v) is 26.6. The van der Waals surface area contributed by atoms with Gasteiger partial charge in [0.1, 0.15) is 24.2 Å². The zero-order chi connectivity index (χ0) is 54.1. The van der Waals surface area contributed by atoms with E-state index in [0.717, 1.165) is 49.7 Å². The summed E-state index contributed by atoms with van der Waals surface area (Å²) >= 11 is 0. The van der Waals surface area contributed by atoms with E-state index in [4.69, 9.17) is 0 Å². The largest absolute Gasteiger partial charge is 0.351 e. The van der Waals surface area contributed by atoms with Gasteiger partial charge < -0.3 is 52.3 Å². The lowest BCUT2D eigenvalue weighted by Crippen LogP contribution is -2.59. The molecule has 74 heavy (non-hydrogen) atoms. The summed E-state index contributed by atoms with van der Waals surface area (Å²) in [5.74, 6) is -2.95. The van der Waals surface area contributed by atoms with Gasteiger partial charge in [-0.15, -0.1) is 0 Å². The first kappa shape index (κ1) is 57.1. The van der Waals surface area contributed by atoms with Crippen LogP contribution in [0.2, 0.25) is 0 Å². The predicted molar refractivity (Wildman–Crippen MR) is 283 cm³/mol. The van der Waals surface area contributed by atoms with Crippen molar-refractivity contribution in [3.63, 3.8) is 0 Å². The standard InChI is InChI=1S/C56H82N10O8/c1-33(57-9)49(69)63-47(55(3,4)5)53(73)65-31-37(29-43(65)51(71)61-41-25-17-21-35-19-11-13-23-39(35)41)59-45(67)27-15-16-28-46(68)60-38-30-44(52(72)62-42-26-18-22-36-20-12-14-24-40(36)42)66(32-38)54(74)48(56(6,7)8)64-50(70)34(2)58-10/h11-16,19-20,23-24,33-34,37-38,41-44,47-48,57-58H,17-18,21-22,25-32H2,1-10H3,(H,59,67)(H,60,68)(H,61,71)(H,62,72)(H,63,69)(H,64,70)/b16-15+/t33-,34-,37-,38-,41+,42+,43-,44-,47+,48+/m0/s1. The molecular formula is C56H82N10O8. The number of rotatable bonds is 18. The van der Waals surface area contributed by atoms with Crippen LogP contribution in [0.25, 0.3) is 0 Å². The average molecular weight is 1020 g/mol. The maximum Gasteiger partial charge on any atom is 0.246 e. The van der Waals surface area contributed by atoms with E-state index >= 15 is 0 Å². The topological polar surface area (TPSA) is 239 Å². The zero-order valence-electron chi connectivity index (χ0n) is 45.2. The van der Waals surface area contributed by atoms with Crippen molar-refractivity contribution in [2.24, 2.45) is 10.8 Å². The van der Waals surface area contributed by atoms with E-state index < -0.39 is 71.0 Å². The Kier molecular flexibility index (Phi) is 19.2. The number of carbonyl (C=O) groups is 8. The lowest BCUT2D eigenvalue weighted by atomic mass is 9.85. The lowest BCUT2D eigenvalue weighted by molar-refractivity contribution is -0.144. The van der Waals surface area contributed by atoms with Gasteiger partial charge >= 0.3 is 0 Å². The van der Waals surface area contributed by atoms with Crippen LogP contribution in [0, 0.1) is 10.8 Å². The zero-order valence-corrected chi connectivity index (χ0v) is 45.2. The summed E-state index contributed by atoms with van der Waals surface area (Å²) in [6, 6.07) is 9.53. The molecule has 18 nitrogen and oxygen atoms in total. The van der Waals surface area contributed by atoms with Crippen molar-refractivity contribution in [3.8, 4) is 0 Å². The highest BCUT2D eigenvalue weighted by Crippen LogP contribution is 2.34.